The van der Waals surface area contributed by atoms with Crippen LogP contribution in [0.1, 0.15) is 12.6 Å². The van der Waals surface area contributed by atoms with E-state index >= 15 is 0 Å². The Labute approximate surface area is 99.7 Å². The maximum absolute atomic E-state index is 11.0. The first-order valence-corrected chi connectivity index (χ1v) is 5.28. The molecule has 0 saturated carbocycles. The molecule has 1 heterocycles. The highest BCUT2D eigenvalue weighted by molar-refractivity contribution is 5.81. The summed E-state index contributed by atoms with van der Waals surface area (Å²) in [5, 5.41) is 9.00. The van der Waals surface area contributed by atoms with E-state index in [0.717, 1.165) is 0 Å². The van der Waals surface area contributed by atoms with Gasteiger partial charge in [-0.3, -0.25) is 4.98 Å². The molecule has 0 spiro atoms. The van der Waals surface area contributed by atoms with E-state index in [1.165, 1.54) is 6.08 Å². The van der Waals surface area contributed by atoms with Crippen LogP contribution in [0.5, 0.6) is 5.75 Å². The number of carbonyl (C=O) groups is 1. The minimum absolute atomic E-state index is 0.183. The zero-order valence-corrected chi connectivity index (χ0v) is 9.63. The fourth-order valence-electron chi connectivity index (χ4n) is 1.15. The number of pyridine rings is 1. The molecule has 0 atom stereocenters. The van der Waals surface area contributed by atoms with Gasteiger partial charge in [-0.25, -0.2) is 4.79 Å². The highest BCUT2D eigenvalue weighted by Gasteiger charge is 2.01. The highest BCUT2D eigenvalue weighted by atomic mass is 16.5. The fourth-order valence-corrected chi connectivity index (χ4v) is 1.15. The Morgan fingerprint density at radius 3 is 3.12 bits per heavy atom. The monoisotopic (exact) mass is 237 g/mol. The molecule has 0 aromatic carbocycles. The summed E-state index contributed by atoms with van der Waals surface area (Å²) >= 11 is 0. The lowest BCUT2D eigenvalue weighted by molar-refractivity contribution is -0.137. The van der Waals surface area contributed by atoms with Crippen LogP contribution in [0.2, 0.25) is 0 Å². The number of aliphatic hydroxyl groups excluding tert-OH is 1. The Hall–Kier alpha value is -1.88. The number of ether oxygens (including phenoxy) is 2. The van der Waals surface area contributed by atoms with Crippen molar-refractivity contribution in [1.82, 2.24) is 4.98 Å². The summed E-state index contributed by atoms with van der Waals surface area (Å²) in [5.74, 6) is 0.105. The Balaban J connectivity index is 2.43. The Bertz CT molecular complexity index is 390. The van der Waals surface area contributed by atoms with Gasteiger partial charge in [-0.2, -0.15) is 0 Å². The number of aliphatic hydroxyl groups is 1. The predicted octanol–water partition coefficient (Wildman–Crippen LogP) is 1.07. The van der Waals surface area contributed by atoms with Gasteiger partial charge in [0.25, 0.3) is 0 Å². The normalized spacial score (nSPS) is 10.5. The van der Waals surface area contributed by atoms with Gasteiger partial charge in [0.2, 0.25) is 0 Å². The maximum Gasteiger partial charge on any atom is 0.330 e. The maximum atomic E-state index is 11.0. The van der Waals surface area contributed by atoms with Crippen molar-refractivity contribution >= 4 is 5.97 Å². The second kappa shape index (κ2) is 7.40. The SMILES string of the molecule is CCOC(=O)/C=C/COc1cccnc1CO. The van der Waals surface area contributed by atoms with Gasteiger partial charge >= 0.3 is 5.97 Å². The average molecular weight is 237 g/mol. The topological polar surface area (TPSA) is 68.7 Å². The van der Waals surface area contributed by atoms with Crippen molar-refractivity contribution in [2.24, 2.45) is 0 Å². The molecule has 0 aliphatic carbocycles. The van der Waals surface area contributed by atoms with Crippen LogP contribution in [0.15, 0.2) is 30.5 Å². The summed E-state index contributed by atoms with van der Waals surface area (Å²) < 4.78 is 10.0. The van der Waals surface area contributed by atoms with Crippen LogP contribution in [0.25, 0.3) is 0 Å². The van der Waals surface area contributed by atoms with E-state index in [9.17, 15) is 4.79 Å². The fraction of sp³-hybridized carbons (Fsp3) is 0.333. The molecule has 92 valence electrons. The quantitative estimate of drug-likeness (QED) is 0.592. The summed E-state index contributed by atoms with van der Waals surface area (Å²) in [7, 11) is 0. The molecule has 1 N–H and O–H groups in total. The zero-order valence-electron chi connectivity index (χ0n) is 9.63. The first kappa shape index (κ1) is 13.2. The smallest absolute Gasteiger partial charge is 0.330 e. The number of hydrogen-bond donors (Lipinski definition) is 1. The second-order valence-corrected chi connectivity index (χ2v) is 3.07. The van der Waals surface area contributed by atoms with Crippen molar-refractivity contribution in [2.45, 2.75) is 13.5 Å². The van der Waals surface area contributed by atoms with Crippen molar-refractivity contribution in [1.29, 1.82) is 0 Å². The van der Waals surface area contributed by atoms with E-state index in [4.69, 9.17) is 14.6 Å². The Morgan fingerprint density at radius 1 is 1.59 bits per heavy atom. The minimum atomic E-state index is -0.398. The third kappa shape index (κ3) is 4.65. The molecule has 1 rings (SSSR count). The standard InChI is InChI=1S/C12H15NO4/c1-2-16-12(15)6-4-8-17-11-5-3-7-13-10(11)9-14/h3-7,14H,2,8-9H2,1H3/b6-4+. The molecular formula is C12H15NO4. The second-order valence-electron chi connectivity index (χ2n) is 3.07. The van der Waals surface area contributed by atoms with Crippen LogP contribution >= 0.6 is 0 Å². The van der Waals surface area contributed by atoms with Crippen molar-refractivity contribution in [3.63, 3.8) is 0 Å². The van der Waals surface area contributed by atoms with Crippen LogP contribution in [0.4, 0.5) is 0 Å². The predicted molar refractivity (Wildman–Crippen MR) is 61.4 cm³/mol. The minimum Gasteiger partial charge on any atom is -0.488 e. The van der Waals surface area contributed by atoms with Crippen LogP contribution < -0.4 is 4.74 Å². The van der Waals surface area contributed by atoms with Gasteiger partial charge in [0.1, 0.15) is 18.1 Å². The highest BCUT2D eigenvalue weighted by Crippen LogP contribution is 2.14. The number of esters is 1. The lowest BCUT2D eigenvalue weighted by Crippen LogP contribution is -2.02. The number of nitrogens with zero attached hydrogens (tertiary/aromatic N) is 1. The summed E-state index contributed by atoms with van der Waals surface area (Å²) in [4.78, 5) is 14.9. The van der Waals surface area contributed by atoms with E-state index in [0.29, 0.717) is 18.1 Å². The first-order chi connectivity index (χ1) is 8.27. The van der Waals surface area contributed by atoms with Gasteiger partial charge < -0.3 is 14.6 Å². The van der Waals surface area contributed by atoms with Crippen molar-refractivity contribution in [3.05, 3.63) is 36.2 Å². The lowest BCUT2D eigenvalue weighted by Gasteiger charge is -2.06. The van der Waals surface area contributed by atoms with E-state index in [2.05, 4.69) is 4.98 Å². The number of aromatic nitrogens is 1. The molecule has 0 bridgehead atoms. The number of hydrogen-bond acceptors (Lipinski definition) is 5. The van der Waals surface area contributed by atoms with E-state index in [-0.39, 0.29) is 13.2 Å². The Kier molecular flexibility index (Phi) is 5.74. The summed E-state index contributed by atoms with van der Waals surface area (Å²) in [6.07, 6.45) is 4.43. The van der Waals surface area contributed by atoms with Crippen LogP contribution in [-0.4, -0.2) is 29.3 Å². The third-order valence-corrected chi connectivity index (χ3v) is 1.87. The van der Waals surface area contributed by atoms with Crippen molar-refractivity contribution in [3.8, 4) is 5.75 Å². The van der Waals surface area contributed by atoms with Gasteiger partial charge in [-0.05, 0) is 25.1 Å². The van der Waals surface area contributed by atoms with Gasteiger partial charge in [-0.15, -0.1) is 0 Å². The first-order valence-electron chi connectivity index (χ1n) is 5.28. The molecule has 0 unspecified atom stereocenters. The molecule has 0 fully saturated rings. The summed E-state index contributed by atoms with van der Waals surface area (Å²) in [6.45, 7) is 2.13. The molecule has 5 nitrogen and oxygen atoms in total. The van der Waals surface area contributed by atoms with E-state index in [1.807, 2.05) is 0 Å². The van der Waals surface area contributed by atoms with Crippen molar-refractivity contribution < 1.29 is 19.4 Å². The molecule has 1 aromatic rings. The Morgan fingerprint density at radius 2 is 2.41 bits per heavy atom. The van der Waals surface area contributed by atoms with Gasteiger partial charge in [-0.1, -0.05) is 0 Å². The summed E-state index contributed by atoms with van der Waals surface area (Å²) in [5.41, 5.74) is 0.469. The molecular weight excluding hydrogens is 222 g/mol. The molecule has 0 aliphatic rings. The van der Waals surface area contributed by atoms with Crippen LogP contribution in [0.3, 0.4) is 0 Å². The summed E-state index contributed by atoms with van der Waals surface area (Å²) in [6, 6.07) is 3.42. The van der Waals surface area contributed by atoms with Gasteiger partial charge in [0.05, 0.1) is 13.2 Å². The zero-order chi connectivity index (χ0) is 12.5. The van der Waals surface area contributed by atoms with Crippen molar-refractivity contribution in [2.75, 3.05) is 13.2 Å². The number of rotatable bonds is 6. The molecule has 0 radical (unpaired) electrons. The largest absolute Gasteiger partial charge is 0.488 e. The third-order valence-electron chi connectivity index (χ3n) is 1.87. The molecule has 0 amide bonds. The number of carbonyl (C=O) groups excluding carboxylic acids is 1. The molecule has 0 aliphatic heterocycles. The molecule has 0 saturated heterocycles. The molecule has 17 heavy (non-hydrogen) atoms. The van der Waals surface area contributed by atoms with Crippen LogP contribution in [0, 0.1) is 0 Å². The van der Waals surface area contributed by atoms with Gasteiger partial charge in [0, 0.05) is 12.3 Å². The molecule has 1 aromatic heterocycles. The lowest BCUT2D eigenvalue weighted by atomic mass is 10.3. The average Bonchev–Trinajstić information content (AvgIpc) is 2.35. The van der Waals surface area contributed by atoms with E-state index in [1.54, 1.807) is 31.3 Å². The van der Waals surface area contributed by atoms with Gasteiger partial charge in [0.15, 0.2) is 0 Å². The van der Waals surface area contributed by atoms with Crippen LogP contribution in [-0.2, 0) is 16.1 Å². The van der Waals surface area contributed by atoms with E-state index < -0.39 is 5.97 Å². The molecule has 5 heteroatoms.